The number of hydrogen-bond acceptors (Lipinski definition) is 3. The van der Waals surface area contributed by atoms with E-state index in [-0.39, 0.29) is 0 Å². The van der Waals surface area contributed by atoms with Crippen LogP contribution in [-0.2, 0) is 0 Å². The van der Waals surface area contributed by atoms with Gasteiger partial charge in [0.2, 0.25) is 0 Å². The van der Waals surface area contributed by atoms with E-state index in [0.717, 1.165) is 32.6 Å². The van der Waals surface area contributed by atoms with E-state index in [1.54, 1.807) is 7.11 Å². The van der Waals surface area contributed by atoms with Crippen LogP contribution in [0.2, 0.25) is 0 Å². The average Bonchev–Trinajstić information content (AvgIpc) is 2.23. The van der Waals surface area contributed by atoms with Crippen molar-refractivity contribution in [3.8, 4) is 11.5 Å². The Balaban J connectivity index is 2.76. The van der Waals surface area contributed by atoms with Crippen LogP contribution in [0.5, 0.6) is 11.5 Å². The lowest BCUT2D eigenvalue weighted by Crippen LogP contribution is -1.99. The average molecular weight is 356 g/mol. The summed E-state index contributed by atoms with van der Waals surface area (Å²) in [6.07, 6.45) is 0.930. The normalized spacial score (nSPS) is 10.1. The first-order valence-electron chi connectivity index (χ1n) is 4.45. The zero-order valence-electron chi connectivity index (χ0n) is 8.30. The van der Waals surface area contributed by atoms with Crippen molar-refractivity contribution in [3.05, 3.63) is 21.1 Å². The van der Waals surface area contributed by atoms with Gasteiger partial charge in [0.05, 0.1) is 22.7 Å². The van der Waals surface area contributed by atoms with Crippen LogP contribution in [0.25, 0.3) is 0 Å². The Labute approximate surface area is 112 Å². The largest absolute Gasteiger partial charge is 0.496 e. The molecule has 0 aliphatic heterocycles. The van der Waals surface area contributed by atoms with Crippen LogP contribution in [0.1, 0.15) is 6.42 Å². The fraction of sp³-hybridized carbons (Fsp3) is 0.400. The fourth-order valence-corrected chi connectivity index (χ4v) is 2.07. The highest BCUT2D eigenvalue weighted by molar-refractivity contribution is 9.11. The number of rotatable bonds is 5. The third kappa shape index (κ3) is 3.89. The van der Waals surface area contributed by atoms with E-state index in [9.17, 15) is 0 Å². The van der Waals surface area contributed by atoms with Crippen LogP contribution in [-0.4, -0.2) is 19.5 Å². The van der Waals surface area contributed by atoms with Gasteiger partial charge in [-0.15, -0.1) is 0 Å². The minimum Gasteiger partial charge on any atom is -0.496 e. The summed E-state index contributed by atoms with van der Waals surface area (Å²) in [7, 11) is 1.63. The molecular weight excluding hydrogens is 344 g/mol. The number of thiol groups is 1. The summed E-state index contributed by atoms with van der Waals surface area (Å²) in [5, 5.41) is 0. The van der Waals surface area contributed by atoms with Gasteiger partial charge in [-0.05, 0) is 56.2 Å². The molecule has 0 spiro atoms. The van der Waals surface area contributed by atoms with Crippen LogP contribution < -0.4 is 9.47 Å². The summed E-state index contributed by atoms with van der Waals surface area (Å²) in [4.78, 5) is 0. The lowest BCUT2D eigenvalue weighted by atomic mass is 10.3. The first kappa shape index (κ1) is 13.2. The molecule has 1 rings (SSSR count). The molecule has 5 heteroatoms. The summed E-state index contributed by atoms with van der Waals surface area (Å²) in [6.45, 7) is 0.668. The van der Waals surface area contributed by atoms with E-state index in [2.05, 4.69) is 44.5 Å². The van der Waals surface area contributed by atoms with Gasteiger partial charge >= 0.3 is 0 Å². The van der Waals surface area contributed by atoms with E-state index in [1.165, 1.54) is 0 Å². The summed E-state index contributed by atoms with van der Waals surface area (Å²) in [6, 6.07) is 3.77. The van der Waals surface area contributed by atoms with Crippen molar-refractivity contribution in [2.45, 2.75) is 6.42 Å². The molecule has 0 amide bonds. The van der Waals surface area contributed by atoms with Gasteiger partial charge in [-0.2, -0.15) is 12.6 Å². The van der Waals surface area contributed by atoms with Crippen molar-refractivity contribution in [1.29, 1.82) is 0 Å². The maximum atomic E-state index is 5.58. The SMILES string of the molecule is COc1cc(Br)c(OCCCS)cc1Br. The van der Waals surface area contributed by atoms with E-state index >= 15 is 0 Å². The molecule has 0 heterocycles. The number of halogens is 2. The van der Waals surface area contributed by atoms with E-state index in [1.807, 2.05) is 12.1 Å². The molecule has 1 aromatic carbocycles. The second-order valence-corrected chi connectivity index (χ2v) is 5.00. The predicted molar refractivity (Wildman–Crippen MR) is 72.4 cm³/mol. The molecule has 2 nitrogen and oxygen atoms in total. The van der Waals surface area contributed by atoms with Crippen molar-refractivity contribution >= 4 is 44.5 Å². The molecule has 0 saturated heterocycles. The summed E-state index contributed by atoms with van der Waals surface area (Å²) < 4.78 is 12.5. The topological polar surface area (TPSA) is 18.5 Å². The van der Waals surface area contributed by atoms with Gasteiger partial charge in [-0.3, -0.25) is 0 Å². The minimum atomic E-state index is 0.668. The Morgan fingerprint density at radius 2 is 1.80 bits per heavy atom. The van der Waals surface area contributed by atoms with Gasteiger partial charge in [0.15, 0.2) is 0 Å². The Kier molecular flexibility index (Phi) is 5.86. The van der Waals surface area contributed by atoms with Crippen LogP contribution in [0.4, 0.5) is 0 Å². The molecule has 0 unspecified atom stereocenters. The molecule has 1 aromatic rings. The zero-order chi connectivity index (χ0) is 11.3. The quantitative estimate of drug-likeness (QED) is 0.637. The smallest absolute Gasteiger partial charge is 0.134 e. The van der Waals surface area contributed by atoms with E-state index < -0.39 is 0 Å². The Bertz CT molecular complexity index is 331. The summed E-state index contributed by atoms with van der Waals surface area (Å²) in [5.74, 6) is 2.42. The number of ether oxygens (including phenoxy) is 2. The lowest BCUT2D eigenvalue weighted by molar-refractivity contribution is 0.315. The Morgan fingerprint density at radius 3 is 2.40 bits per heavy atom. The minimum absolute atomic E-state index is 0.668. The van der Waals surface area contributed by atoms with Crippen LogP contribution >= 0.6 is 44.5 Å². The number of hydrogen-bond donors (Lipinski definition) is 1. The first-order valence-corrected chi connectivity index (χ1v) is 6.67. The first-order chi connectivity index (χ1) is 7.19. The molecule has 0 N–H and O–H groups in total. The second kappa shape index (κ2) is 6.66. The van der Waals surface area contributed by atoms with E-state index in [4.69, 9.17) is 9.47 Å². The van der Waals surface area contributed by atoms with Gasteiger partial charge in [-0.1, -0.05) is 0 Å². The van der Waals surface area contributed by atoms with Gasteiger partial charge in [0.1, 0.15) is 11.5 Å². The fourth-order valence-electron chi connectivity index (χ4n) is 1.02. The molecule has 0 bridgehead atoms. The van der Waals surface area contributed by atoms with Crippen molar-refractivity contribution in [1.82, 2.24) is 0 Å². The lowest BCUT2D eigenvalue weighted by Gasteiger charge is -2.10. The predicted octanol–water partition coefficient (Wildman–Crippen LogP) is 3.92. The summed E-state index contributed by atoms with van der Waals surface area (Å²) in [5.41, 5.74) is 0. The van der Waals surface area contributed by atoms with Crippen molar-refractivity contribution in [2.75, 3.05) is 19.5 Å². The third-order valence-electron chi connectivity index (χ3n) is 1.77. The molecular formula is C10H12Br2O2S. The third-order valence-corrected chi connectivity index (χ3v) is 3.32. The van der Waals surface area contributed by atoms with Crippen LogP contribution in [0.3, 0.4) is 0 Å². The van der Waals surface area contributed by atoms with Gasteiger partial charge in [0.25, 0.3) is 0 Å². The van der Waals surface area contributed by atoms with Crippen LogP contribution in [0.15, 0.2) is 21.1 Å². The highest BCUT2D eigenvalue weighted by Gasteiger charge is 2.07. The van der Waals surface area contributed by atoms with Crippen LogP contribution in [0, 0.1) is 0 Å². The molecule has 0 saturated carbocycles. The van der Waals surface area contributed by atoms with Crippen molar-refractivity contribution in [3.63, 3.8) is 0 Å². The molecule has 0 aromatic heterocycles. The summed E-state index contributed by atoms with van der Waals surface area (Å²) >= 11 is 11.0. The molecule has 0 atom stereocenters. The molecule has 0 fully saturated rings. The van der Waals surface area contributed by atoms with E-state index in [0.29, 0.717) is 6.61 Å². The number of benzene rings is 1. The molecule has 84 valence electrons. The zero-order valence-corrected chi connectivity index (χ0v) is 12.4. The molecule has 0 radical (unpaired) electrons. The standard InChI is InChI=1S/C10H12Br2O2S/c1-13-9-5-8(12)10(6-7(9)11)14-3-2-4-15/h5-6,15H,2-4H2,1H3. The second-order valence-electron chi connectivity index (χ2n) is 2.84. The van der Waals surface area contributed by atoms with Crippen molar-refractivity contribution in [2.24, 2.45) is 0 Å². The molecule has 15 heavy (non-hydrogen) atoms. The number of methoxy groups -OCH3 is 1. The van der Waals surface area contributed by atoms with Crippen molar-refractivity contribution < 1.29 is 9.47 Å². The molecule has 0 aliphatic rings. The Morgan fingerprint density at radius 1 is 1.20 bits per heavy atom. The van der Waals surface area contributed by atoms with Gasteiger partial charge < -0.3 is 9.47 Å². The highest BCUT2D eigenvalue weighted by Crippen LogP contribution is 2.35. The molecule has 0 aliphatic carbocycles. The highest BCUT2D eigenvalue weighted by atomic mass is 79.9. The monoisotopic (exact) mass is 354 g/mol. The maximum absolute atomic E-state index is 5.58. The Hall–Kier alpha value is 0.130. The van der Waals surface area contributed by atoms with Gasteiger partial charge in [0, 0.05) is 0 Å². The van der Waals surface area contributed by atoms with Gasteiger partial charge in [-0.25, -0.2) is 0 Å². The maximum Gasteiger partial charge on any atom is 0.134 e.